The topological polar surface area (TPSA) is 113 Å². The number of carbonyl (C=O) groups excluding carboxylic acids is 1. The van der Waals surface area contributed by atoms with Crippen LogP contribution < -0.4 is 5.32 Å². The van der Waals surface area contributed by atoms with Crippen LogP contribution in [0.15, 0.2) is 40.8 Å². The number of imidazole rings is 1. The quantitative estimate of drug-likeness (QED) is 0.692. The van der Waals surface area contributed by atoms with Crippen molar-refractivity contribution in [1.82, 2.24) is 30.0 Å². The fourth-order valence-electron chi connectivity index (χ4n) is 2.81. The van der Waals surface area contributed by atoms with Gasteiger partial charge in [-0.25, -0.2) is 9.97 Å². The molecule has 132 valence electrons. The Morgan fingerprint density at radius 3 is 3.12 bits per heavy atom. The lowest BCUT2D eigenvalue weighted by Crippen LogP contribution is -2.29. The largest absolute Gasteiger partial charge is 0.354 e. The summed E-state index contributed by atoms with van der Waals surface area (Å²) in [4.78, 5) is 20.9. The summed E-state index contributed by atoms with van der Waals surface area (Å²) < 4.78 is 1.83. The van der Waals surface area contributed by atoms with Gasteiger partial charge in [0.2, 0.25) is 5.91 Å². The first kappa shape index (κ1) is 16.1. The molecule has 3 aromatic rings. The smallest absolute Gasteiger partial charge is 0.240 e. The maximum Gasteiger partial charge on any atom is 0.240 e. The number of nitrogens with zero attached hydrogens (tertiary/aromatic N) is 6. The Morgan fingerprint density at radius 2 is 2.23 bits per heavy atom. The number of nitrogens with one attached hydrogen (secondary N) is 2. The van der Waals surface area contributed by atoms with Crippen LogP contribution in [0.3, 0.4) is 0 Å². The van der Waals surface area contributed by atoms with E-state index in [0.29, 0.717) is 18.8 Å². The van der Waals surface area contributed by atoms with E-state index in [1.807, 2.05) is 28.8 Å². The van der Waals surface area contributed by atoms with E-state index >= 15 is 0 Å². The van der Waals surface area contributed by atoms with Crippen LogP contribution in [0, 0.1) is 0 Å². The molecule has 1 aromatic carbocycles. The predicted molar refractivity (Wildman–Crippen MR) is 97.2 cm³/mol. The molecule has 0 saturated heterocycles. The molecule has 0 radical (unpaired) electrons. The monoisotopic (exact) mass is 350 g/mol. The van der Waals surface area contributed by atoms with Crippen LogP contribution in [-0.4, -0.2) is 49.6 Å². The molecular weight excluding hydrogens is 332 g/mol. The van der Waals surface area contributed by atoms with Crippen molar-refractivity contribution in [2.45, 2.75) is 25.3 Å². The molecule has 1 unspecified atom stereocenters. The second-order valence-corrected chi connectivity index (χ2v) is 6.01. The zero-order valence-corrected chi connectivity index (χ0v) is 14.0. The molecule has 2 aromatic heterocycles. The van der Waals surface area contributed by atoms with Gasteiger partial charge in [0.15, 0.2) is 5.82 Å². The summed E-state index contributed by atoms with van der Waals surface area (Å²) in [5.41, 5.74) is 1.82. The van der Waals surface area contributed by atoms with E-state index in [2.05, 4.69) is 35.7 Å². The first-order valence-corrected chi connectivity index (χ1v) is 8.42. The molecule has 3 heterocycles. The fourth-order valence-corrected chi connectivity index (χ4v) is 2.81. The van der Waals surface area contributed by atoms with Crippen LogP contribution in [0.2, 0.25) is 0 Å². The number of amides is 1. The van der Waals surface area contributed by atoms with Gasteiger partial charge in [0, 0.05) is 25.4 Å². The van der Waals surface area contributed by atoms with Crippen molar-refractivity contribution in [3.63, 3.8) is 0 Å². The van der Waals surface area contributed by atoms with Crippen LogP contribution in [0.5, 0.6) is 0 Å². The summed E-state index contributed by atoms with van der Waals surface area (Å²) >= 11 is 0. The lowest BCUT2D eigenvalue weighted by Gasteiger charge is -2.06. The number of rotatable bonds is 6. The van der Waals surface area contributed by atoms with Crippen molar-refractivity contribution in [3.05, 3.63) is 42.2 Å². The van der Waals surface area contributed by atoms with E-state index in [9.17, 15) is 4.79 Å². The Hall–Kier alpha value is -3.36. The molecule has 0 aliphatic carbocycles. The van der Waals surface area contributed by atoms with E-state index in [0.717, 1.165) is 23.3 Å². The van der Waals surface area contributed by atoms with Gasteiger partial charge >= 0.3 is 0 Å². The minimum Gasteiger partial charge on any atom is -0.354 e. The summed E-state index contributed by atoms with van der Waals surface area (Å²) in [6.45, 7) is 0.723. The molecule has 9 heteroatoms. The minimum absolute atomic E-state index is 0.0570. The Bertz CT molecular complexity index is 970. The number of H-pyrrole nitrogens is 1. The highest BCUT2D eigenvalue weighted by molar-refractivity contribution is 5.80. The summed E-state index contributed by atoms with van der Waals surface area (Å²) in [5, 5.41) is 17.7. The molecule has 26 heavy (non-hydrogen) atoms. The van der Waals surface area contributed by atoms with E-state index in [-0.39, 0.29) is 18.4 Å². The number of carbonyl (C=O) groups is 1. The molecule has 2 N–H and O–H groups in total. The van der Waals surface area contributed by atoms with Crippen LogP contribution in [-0.2, 0) is 17.8 Å². The number of para-hydroxylation sites is 2. The highest BCUT2D eigenvalue weighted by atomic mass is 16.1. The van der Waals surface area contributed by atoms with Crippen molar-refractivity contribution in [2.24, 2.45) is 10.2 Å². The maximum atomic E-state index is 12.2. The molecule has 1 aliphatic heterocycles. The van der Waals surface area contributed by atoms with Gasteiger partial charge in [-0.1, -0.05) is 12.1 Å². The van der Waals surface area contributed by atoms with Crippen LogP contribution in [0.4, 0.5) is 0 Å². The molecule has 4 rings (SSSR count). The van der Waals surface area contributed by atoms with Crippen LogP contribution >= 0.6 is 0 Å². The van der Waals surface area contributed by atoms with E-state index in [4.69, 9.17) is 0 Å². The normalized spacial score (nSPS) is 16.2. The number of hydrogen-bond acceptors (Lipinski definition) is 6. The summed E-state index contributed by atoms with van der Waals surface area (Å²) in [5.74, 6) is 1.43. The predicted octanol–water partition coefficient (Wildman–Crippen LogP) is 1.06. The summed E-state index contributed by atoms with van der Waals surface area (Å²) in [7, 11) is 0. The molecule has 0 fully saturated rings. The minimum atomic E-state index is -0.0662. The number of fused-ring (bicyclic) bond motifs is 1. The van der Waals surface area contributed by atoms with Gasteiger partial charge in [0.1, 0.15) is 12.4 Å². The highest BCUT2D eigenvalue weighted by Gasteiger charge is 2.15. The van der Waals surface area contributed by atoms with Gasteiger partial charge < -0.3 is 9.88 Å². The van der Waals surface area contributed by atoms with Crippen molar-refractivity contribution in [1.29, 1.82) is 0 Å². The standard InChI is InChI=1S/C17H18N8O/c26-16(10-25-11-19-13-3-1-2-4-14(13)25)18-7-6-15-22-17(24-23-15)12-5-8-20-21-9-12/h1-4,8-9,11-12H,5-7,10H2,(H,18,26)(H,22,23,24). The zero-order chi connectivity index (χ0) is 17.8. The third kappa shape index (κ3) is 3.51. The number of aromatic amines is 1. The average Bonchev–Trinajstić information content (AvgIpc) is 3.30. The van der Waals surface area contributed by atoms with E-state index in [1.54, 1.807) is 18.8 Å². The molecule has 1 aliphatic rings. The Balaban J connectivity index is 1.28. The third-order valence-corrected chi connectivity index (χ3v) is 4.16. The second-order valence-electron chi connectivity index (χ2n) is 6.01. The lowest BCUT2D eigenvalue weighted by atomic mass is 10.1. The van der Waals surface area contributed by atoms with E-state index in [1.165, 1.54) is 0 Å². The van der Waals surface area contributed by atoms with Crippen LogP contribution in [0.1, 0.15) is 24.0 Å². The lowest BCUT2D eigenvalue weighted by molar-refractivity contribution is -0.121. The zero-order valence-electron chi connectivity index (χ0n) is 14.0. The number of hydrogen-bond donors (Lipinski definition) is 2. The second kappa shape index (κ2) is 7.26. The third-order valence-electron chi connectivity index (χ3n) is 4.16. The van der Waals surface area contributed by atoms with Gasteiger partial charge in [-0.05, 0) is 18.6 Å². The van der Waals surface area contributed by atoms with Crippen molar-refractivity contribution in [2.75, 3.05) is 6.54 Å². The van der Waals surface area contributed by atoms with Gasteiger partial charge in [0.25, 0.3) is 0 Å². The Kier molecular flexibility index (Phi) is 4.50. The highest BCUT2D eigenvalue weighted by Crippen LogP contribution is 2.14. The Labute approximate surface area is 149 Å². The Morgan fingerprint density at radius 1 is 1.31 bits per heavy atom. The molecule has 9 nitrogen and oxygen atoms in total. The molecule has 0 bridgehead atoms. The average molecular weight is 350 g/mol. The molecule has 0 spiro atoms. The van der Waals surface area contributed by atoms with Gasteiger partial charge in [-0.2, -0.15) is 15.3 Å². The fraction of sp³-hybridized carbons (Fsp3) is 0.294. The van der Waals surface area contributed by atoms with Crippen molar-refractivity contribution >= 4 is 29.4 Å². The summed E-state index contributed by atoms with van der Waals surface area (Å²) in [6, 6.07) is 7.74. The first-order valence-electron chi connectivity index (χ1n) is 8.42. The SMILES string of the molecule is O=C(Cn1cnc2ccccc21)NCCc1nc(C2C=NN=CC2)n[nH]1. The maximum absolute atomic E-state index is 12.2. The summed E-state index contributed by atoms with van der Waals surface area (Å²) in [6.07, 6.45) is 6.50. The van der Waals surface area contributed by atoms with Crippen molar-refractivity contribution in [3.8, 4) is 0 Å². The number of benzene rings is 1. The number of aromatic nitrogens is 5. The van der Waals surface area contributed by atoms with Gasteiger partial charge in [-0.3, -0.25) is 9.89 Å². The van der Waals surface area contributed by atoms with Crippen LogP contribution in [0.25, 0.3) is 11.0 Å². The molecule has 1 atom stereocenters. The van der Waals surface area contributed by atoms with E-state index < -0.39 is 0 Å². The van der Waals surface area contributed by atoms with Gasteiger partial charge in [-0.15, -0.1) is 0 Å². The molecule has 1 amide bonds. The molecular formula is C17H18N8O. The van der Waals surface area contributed by atoms with Crippen molar-refractivity contribution < 1.29 is 4.79 Å². The first-order chi connectivity index (χ1) is 12.8. The van der Waals surface area contributed by atoms with Gasteiger partial charge in [0.05, 0.1) is 23.3 Å². The molecule has 0 saturated carbocycles.